The monoisotopic (exact) mass is 398 g/mol. The SMILES string of the molecule is CCOc1ccc(COc2ccc(I)cc2C(=O)O)cc1. The van der Waals surface area contributed by atoms with Crippen LogP contribution in [0.3, 0.4) is 0 Å². The van der Waals surface area contributed by atoms with Gasteiger partial charge in [-0.3, -0.25) is 0 Å². The summed E-state index contributed by atoms with van der Waals surface area (Å²) in [7, 11) is 0. The summed E-state index contributed by atoms with van der Waals surface area (Å²) in [6, 6.07) is 12.6. The molecule has 0 atom stereocenters. The van der Waals surface area contributed by atoms with Crippen LogP contribution in [-0.2, 0) is 6.61 Å². The quantitative estimate of drug-likeness (QED) is 0.749. The Hall–Kier alpha value is -1.76. The van der Waals surface area contributed by atoms with E-state index in [-0.39, 0.29) is 5.56 Å². The Morgan fingerprint density at radius 3 is 2.48 bits per heavy atom. The molecule has 0 aliphatic heterocycles. The number of benzene rings is 2. The van der Waals surface area contributed by atoms with Gasteiger partial charge in [-0.05, 0) is 65.4 Å². The lowest BCUT2D eigenvalue weighted by Gasteiger charge is -2.10. The van der Waals surface area contributed by atoms with Gasteiger partial charge >= 0.3 is 5.97 Å². The van der Waals surface area contributed by atoms with Crippen LogP contribution in [0.5, 0.6) is 11.5 Å². The van der Waals surface area contributed by atoms with Gasteiger partial charge in [-0.25, -0.2) is 4.79 Å². The largest absolute Gasteiger partial charge is 0.494 e. The van der Waals surface area contributed by atoms with E-state index in [0.717, 1.165) is 14.9 Å². The number of carbonyl (C=O) groups is 1. The van der Waals surface area contributed by atoms with Crippen LogP contribution in [-0.4, -0.2) is 17.7 Å². The second kappa shape index (κ2) is 7.31. The second-order valence-electron chi connectivity index (χ2n) is 4.31. The lowest BCUT2D eigenvalue weighted by atomic mass is 10.2. The first-order valence-electron chi connectivity index (χ1n) is 6.47. The molecule has 0 fully saturated rings. The molecule has 0 aromatic heterocycles. The Balaban J connectivity index is 2.07. The number of halogens is 1. The molecule has 0 aliphatic carbocycles. The van der Waals surface area contributed by atoms with E-state index in [9.17, 15) is 9.90 Å². The third kappa shape index (κ3) is 4.35. The van der Waals surface area contributed by atoms with Crippen molar-refractivity contribution in [1.82, 2.24) is 0 Å². The predicted octanol–water partition coefficient (Wildman–Crippen LogP) is 3.97. The topological polar surface area (TPSA) is 55.8 Å². The number of hydrogen-bond donors (Lipinski definition) is 1. The fourth-order valence-electron chi connectivity index (χ4n) is 1.80. The lowest BCUT2D eigenvalue weighted by Crippen LogP contribution is -2.04. The smallest absolute Gasteiger partial charge is 0.339 e. The summed E-state index contributed by atoms with van der Waals surface area (Å²) >= 11 is 2.07. The van der Waals surface area contributed by atoms with Crippen LogP contribution in [0.4, 0.5) is 0 Å². The van der Waals surface area contributed by atoms with Crippen molar-refractivity contribution in [2.24, 2.45) is 0 Å². The van der Waals surface area contributed by atoms with E-state index in [1.807, 2.05) is 37.3 Å². The number of aromatic carboxylic acids is 1. The molecule has 0 saturated heterocycles. The Morgan fingerprint density at radius 2 is 1.86 bits per heavy atom. The molecule has 110 valence electrons. The Bertz CT molecular complexity index is 623. The minimum Gasteiger partial charge on any atom is -0.494 e. The lowest BCUT2D eigenvalue weighted by molar-refractivity contribution is 0.0691. The van der Waals surface area contributed by atoms with E-state index in [1.165, 1.54) is 0 Å². The van der Waals surface area contributed by atoms with Gasteiger partial charge in [-0.1, -0.05) is 12.1 Å². The van der Waals surface area contributed by atoms with Gasteiger partial charge in [0.1, 0.15) is 23.7 Å². The minimum absolute atomic E-state index is 0.174. The van der Waals surface area contributed by atoms with Crippen molar-refractivity contribution < 1.29 is 19.4 Å². The Kier molecular flexibility index (Phi) is 5.44. The van der Waals surface area contributed by atoms with Gasteiger partial charge in [-0.15, -0.1) is 0 Å². The van der Waals surface area contributed by atoms with Crippen LogP contribution in [0.2, 0.25) is 0 Å². The van der Waals surface area contributed by atoms with Crippen LogP contribution >= 0.6 is 22.6 Å². The van der Waals surface area contributed by atoms with Gasteiger partial charge in [0.05, 0.1) is 6.61 Å². The van der Waals surface area contributed by atoms with Crippen molar-refractivity contribution in [3.8, 4) is 11.5 Å². The summed E-state index contributed by atoms with van der Waals surface area (Å²) in [4.78, 5) is 11.2. The van der Waals surface area contributed by atoms with Crippen LogP contribution < -0.4 is 9.47 Å². The van der Waals surface area contributed by atoms with Crippen LogP contribution in [0, 0.1) is 3.57 Å². The van der Waals surface area contributed by atoms with Gasteiger partial charge in [0.2, 0.25) is 0 Å². The highest BCUT2D eigenvalue weighted by atomic mass is 127. The fourth-order valence-corrected chi connectivity index (χ4v) is 2.30. The van der Waals surface area contributed by atoms with E-state index in [2.05, 4.69) is 22.6 Å². The molecule has 2 aromatic rings. The van der Waals surface area contributed by atoms with E-state index in [4.69, 9.17) is 9.47 Å². The van der Waals surface area contributed by atoms with Crippen molar-refractivity contribution in [3.05, 3.63) is 57.2 Å². The summed E-state index contributed by atoms with van der Waals surface area (Å²) in [6.45, 7) is 2.87. The molecule has 2 aromatic carbocycles. The summed E-state index contributed by atoms with van der Waals surface area (Å²) in [5.41, 5.74) is 1.13. The highest BCUT2D eigenvalue weighted by Crippen LogP contribution is 2.23. The van der Waals surface area contributed by atoms with E-state index < -0.39 is 5.97 Å². The average Bonchev–Trinajstić information content (AvgIpc) is 2.47. The van der Waals surface area contributed by atoms with Gasteiger partial charge < -0.3 is 14.6 Å². The van der Waals surface area contributed by atoms with Crippen LogP contribution in [0.25, 0.3) is 0 Å². The number of rotatable bonds is 6. The molecule has 5 heteroatoms. The van der Waals surface area contributed by atoms with E-state index in [0.29, 0.717) is 19.0 Å². The molecule has 21 heavy (non-hydrogen) atoms. The van der Waals surface area contributed by atoms with Crippen molar-refractivity contribution in [3.63, 3.8) is 0 Å². The third-order valence-electron chi connectivity index (χ3n) is 2.80. The zero-order chi connectivity index (χ0) is 15.2. The van der Waals surface area contributed by atoms with E-state index >= 15 is 0 Å². The first kappa shape index (κ1) is 15.6. The summed E-state index contributed by atoms with van der Waals surface area (Å²) < 4.78 is 11.8. The van der Waals surface area contributed by atoms with Crippen LogP contribution in [0.15, 0.2) is 42.5 Å². The molecule has 0 unspecified atom stereocenters. The average molecular weight is 398 g/mol. The van der Waals surface area contributed by atoms with Crippen molar-refractivity contribution in [1.29, 1.82) is 0 Å². The molecule has 0 radical (unpaired) electrons. The molecule has 1 N–H and O–H groups in total. The zero-order valence-electron chi connectivity index (χ0n) is 11.5. The zero-order valence-corrected chi connectivity index (χ0v) is 13.7. The first-order valence-corrected chi connectivity index (χ1v) is 7.55. The molecule has 0 spiro atoms. The number of ether oxygens (including phenoxy) is 2. The molecular weight excluding hydrogens is 383 g/mol. The minimum atomic E-state index is -0.991. The van der Waals surface area contributed by atoms with Gasteiger partial charge in [0.25, 0.3) is 0 Å². The summed E-state index contributed by atoms with van der Waals surface area (Å²) in [5.74, 6) is 0.189. The standard InChI is InChI=1S/C16H15IO4/c1-2-20-13-6-3-11(4-7-13)10-21-15-8-5-12(17)9-14(15)16(18)19/h3-9H,2,10H2,1H3,(H,18,19). The number of hydrogen-bond acceptors (Lipinski definition) is 3. The fraction of sp³-hybridized carbons (Fsp3) is 0.188. The first-order chi connectivity index (χ1) is 10.1. The molecule has 2 rings (SSSR count). The van der Waals surface area contributed by atoms with Crippen LogP contribution in [0.1, 0.15) is 22.8 Å². The maximum Gasteiger partial charge on any atom is 0.339 e. The van der Waals surface area contributed by atoms with Crippen molar-refractivity contribution in [2.45, 2.75) is 13.5 Å². The highest BCUT2D eigenvalue weighted by Gasteiger charge is 2.11. The Labute approximate surface area is 136 Å². The second-order valence-corrected chi connectivity index (χ2v) is 5.56. The number of carboxylic acid groups (broad SMARTS) is 1. The molecule has 4 nitrogen and oxygen atoms in total. The summed E-state index contributed by atoms with van der Waals surface area (Å²) in [6.07, 6.45) is 0. The molecule has 0 heterocycles. The van der Waals surface area contributed by atoms with Crippen molar-refractivity contribution in [2.75, 3.05) is 6.61 Å². The van der Waals surface area contributed by atoms with Gasteiger partial charge in [0.15, 0.2) is 0 Å². The molecule has 0 aliphatic rings. The predicted molar refractivity (Wildman–Crippen MR) is 88.1 cm³/mol. The summed E-state index contributed by atoms with van der Waals surface area (Å²) in [5, 5.41) is 9.18. The van der Waals surface area contributed by atoms with Crippen molar-refractivity contribution >= 4 is 28.6 Å². The van der Waals surface area contributed by atoms with Gasteiger partial charge in [0, 0.05) is 3.57 Å². The Morgan fingerprint density at radius 1 is 1.14 bits per heavy atom. The molecular formula is C16H15IO4. The maximum absolute atomic E-state index is 11.2. The maximum atomic E-state index is 11.2. The molecule has 0 saturated carbocycles. The van der Waals surface area contributed by atoms with Gasteiger partial charge in [-0.2, -0.15) is 0 Å². The van der Waals surface area contributed by atoms with E-state index in [1.54, 1.807) is 12.1 Å². The molecule has 0 amide bonds. The third-order valence-corrected chi connectivity index (χ3v) is 3.47. The highest BCUT2D eigenvalue weighted by molar-refractivity contribution is 14.1. The number of carboxylic acids is 1. The normalized spacial score (nSPS) is 10.2. The molecule has 0 bridgehead atoms.